The van der Waals surface area contributed by atoms with Crippen LogP contribution in [0.15, 0.2) is 22.8 Å². The molecule has 1 saturated carbocycles. The van der Waals surface area contributed by atoms with E-state index in [1.54, 1.807) is 5.57 Å². The first kappa shape index (κ1) is 30.1. The summed E-state index contributed by atoms with van der Waals surface area (Å²) in [7, 11) is 0. The Morgan fingerprint density at radius 3 is 2.29 bits per heavy atom. The number of carboxylic acids is 2. The van der Waals surface area contributed by atoms with Gasteiger partial charge in [0, 0.05) is 19.5 Å². The number of rotatable bonds is 7. The van der Waals surface area contributed by atoms with Gasteiger partial charge in [0.2, 0.25) is 0 Å². The molecule has 0 aromatic carbocycles. The molecule has 5 rings (SSSR count). The molecular formula is C33H50N2O6. The van der Waals surface area contributed by atoms with Gasteiger partial charge in [0.1, 0.15) is 0 Å². The number of urea groups is 1. The highest BCUT2D eigenvalue weighted by Crippen LogP contribution is 2.67. The second-order valence-electron chi connectivity index (χ2n) is 15.0. The number of carbonyl (C=O) groups excluding carboxylic acids is 1. The van der Waals surface area contributed by atoms with E-state index >= 15 is 0 Å². The third-order valence-corrected chi connectivity index (χ3v) is 12.9. The summed E-state index contributed by atoms with van der Waals surface area (Å²) in [6.45, 7) is 9.89. The van der Waals surface area contributed by atoms with Gasteiger partial charge >= 0.3 is 18.0 Å². The zero-order chi connectivity index (χ0) is 30.0. The van der Waals surface area contributed by atoms with Crippen LogP contribution in [0, 0.1) is 39.4 Å². The van der Waals surface area contributed by atoms with Gasteiger partial charge in [-0.25, -0.2) is 4.79 Å². The third-order valence-electron chi connectivity index (χ3n) is 12.9. The standard InChI is InChI=1S/C33H50N2O6/c1-30(2)25-9-6-21-23-8-7-22(31(23,3)13-11-24(21)32(25,4)14-12-26(30)36)20(5-10-27(37)38)19-33(28(39)40)15-17-35(18-16-33)29(34)41/h8,20,22,25-26,36H,5-7,9-19H2,1-4H3,(H2,34,41)(H,37,38)(H,39,40)/t20-,22+,25?,26-,31+,32+/m0/s1. The lowest BCUT2D eigenvalue weighted by Crippen LogP contribution is -2.53. The van der Waals surface area contributed by atoms with Crippen molar-refractivity contribution < 1.29 is 29.7 Å². The second-order valence-corrected chi connectivity index (χ2v) is 15.0. The van der Waals surface area contributed by atoms with Crippen molar-refractivity contribution in [1.29, 1.82) is 0 Å². The molecule has 0 radical (unpaired) electrons. The summed E-state index contributed by atoms with van der Waals surface area (Å²) in [6.07, 6.45) is 10.5. The van der Waals surface area contributed by atoms with E-state index in [4.69, 9.17) is 5.73 Å². The van der Waals surface area contributed by atoms with E-state index < -0.39 is 23.4 Å². The number of piperidine rings is 1. The number of amides is 2. The summed E-state index contributed by atoms with van der Waals surface area (Å²) in [6, 6.07) is -0.519. The summed E-state index contributed by atoms with van der Waals surface area (Å²) >= 11 is 0. The fourth-order valence-corrected chi connectivity index (χ4v) is 10.3. The number of fused-ring (bicyclic) bond motifs is 4. The molecule has 4 aliphatic carbocycles. The molecular weight excluding hydrogens is 520 g/mol. The van der Waals surface area contributed by atoms with E-state index in [-0.39, 0.29) is 40.6 Å². The molecule has 0 bridgehead atoms. The highest BCUT2D eigenvalue weighted by Gasteiger charge is 2.58. The molecule has 5 aliphatic rings. The number of aliphatic hydroxyl groups excluding tert-OH is 1. The van der Waals surface area contributed by atoms with Crippen LogP contribution in [0.25, 0.3) is 0 Å². The minimum absolute atomic E-state index is 0.0286. The molecule has 1 saturated heterocycles. The van der Waals surface area contributed by atoms with Crippen LogP contribution in [-0.4, -0.2) is 57.4 Å². The molecule has 228 valence electrons. The number of hydrogen-bond donors (Lipinski definition) is 4. The molecule has 8 heteroatoms. The summed E-state index contributed by atoms with van der Waals surface area (Å²) < 4.78 is 0. The second kappa shape index (κ2) is 10.4. The first-order chi connectivity index (χ1) is 19.2. The number of carboxylic acid groups (broad SMARTS) is 2. The quantitative estimate of drug-likeness (QED) is 0.307. The monoisotopic (exact) mass is 570 g/mol. The van der Waals surface area contributed by atoms with Gasteiger partial charge in [0.05, 0.1) is 11.5 Å². The molecule has 1 aliphatic heterocycles. The van der Waals surface area contributed by atoms with E-state index in [0.717, 1.165) is 44.9 Å². The first-order valence-corrected chi connectivity index (χ1v) is 15.8. The fraction of sp³-hybridized carbons (Fsp3) is 0.788. The molecule has 0 spiro atoms. The molecule has 0 aromatic heterocycles. The van der Waals surface area contributed by atoms with Gasteiger partial charge in [-0.05, 0) is 116 Å². The van der Waals surface area contributed by atoms with E-state index in [2.05, 4.69) is 33.8 Å². The van der Waals surface area contributed by atoms with Crippen LogP contribution < -0.4 is 5.73 Å². The molecule has 5 N–H and O–H groups in total. The van der Waals surface area contributed by atoms with Crippen LogP contribution in [0.1, 0.15) is 105 Å². The summed E-state index contributed by atoms with van der Waals surface area (Å²) in [5, 5.41) is 30.9. The summed E-state index contributed by atoms with van der Waals surface area (Å²) in [4.78, 5) is 37.7. The van der Waals surface area contributed by atoms with E-state index in [9.17, 15) is 29.7 Å². The maximum absolute atomic E-state index is 12.7. The zero-order valence-electron chi connectivity index (χ0n) is 25.4. The largest absolute Gasteiger partial charge is 0.481 e. The van der Waals surface area contributed by atoms with Gasteiger partial charge in [0.25, 0.3) is 0 Å². The normalized spacial score (nSPS) is 36.5. The number of nitrogens with two attached hydrogens (primary N) is 1. The topological polar surface area (TPSA) is 141 Å². The first-order valence-electron chi connectivity index (χ1n) is 15.8. The Bertz CT molecular complexity index is 1160. The minimum atomic E-state index is -0.979. The van der Waals surface area contributed by atoms with Gasteiger partial charge in [-0.2, -0.15) is 0 Å². The van der Waals surface area contributed by atoms with Crippen molar-refractivity contribution in [3.63, 3.8) is 0 Å². The number of likely N-dealkylation sites (tertiary alicyclic amines) is 1. The molecule has 41 heavy (non-hydrogen) atoms. The highest BCUT2D eigenvalue weighted by atomic mass is 16.4. The maximum atomic E-state index is 12.7. The zero-order valence-corrected chi connectivity index (χ0v) is 25.4. The van der Waals surface area contributed by atoms with E-state index in [0.29, 0.717) is 44.7 Å². The van der Waals surface area contributed by atoms with E-state index in [1.165, 1.54) is 16.0 Å². The van der Waals surface area contributed by atoms with Crippen molar-refractivity contribution >= 4 is 18.0 Å². The van der Waals surface area contributed by atoms with Gasteiger partial charge in [-0.15, -0.1) is 0 Å². The summed E-state index contributed by atoms with van der Waals surface area (Å²) in [5.41, 5.74) is 8.88. The average Bonchev–Trinajstić information content (AvgIpc) is 3.26. The van der Waals surface area contributed by atoms with Crippen molar-refractivity contribution in [2.75, 3.05) is 13.1 Å². The average molecular weight is 571 g/mol. The molecule has 1 unspecified atom stereocenters. The van der Waals surface area contributed by atoms with Crippen molar-refractivity contribution in [2.24, 2.45) is 45.1 Å². The van der Waals surface area contributed by atoms with Crippen LogP contribution in [0.2, 0.25) is 0 Å². The fourth-order valence-electron chi connectivity index (χ4n) is 10.3. The third kappa shape index (κ3) is 4.82. The molecule has 0 aromatic rings. The smallest absolute Gasteiger partial charge is 0.314 e. The molecule has 8 nitrogen and oxygen atoms in total. The number of primary amides is 1. The Morgan fingerprint density at radius 1 is 1.00 bits per heavy atom. The van der Waals surface area contributed by atoms with Gasteiger partial charge < -0.3 is 26.0 Å². The molecule has 6 atom stereocenters. The Hall–Kier alpha value is -2.35. The number of nitrogens with zero attached hydrogens (tertiary/aromatic N) is 1. The predicted molar refractivity (Wildman–Crippen MR) is 156 cm³/mol. The van der Waals surface area contributed by atoms with Gasteiger partial charge in [-0.3, -0.25) is 9.59 Å². The Kier molecular flexibility index (Phi) is 7.66. The van der Waals surface area contributed by atoms with Crippen molar-refractivity contribution in [3.8, 4) is 0 Å². The van der Waals surface area contributed by atoms with Crippen molar-refractivity contribution in [1.82, 2.24) is 4.90 Å². The predicted octanol–water partition coefficient (Wildman–Crippen LogP) is 5.74. The minimum Gasteiger partial charge on any atom is -0.481 e. The van der Waals surface area contributed by atoms with Crippen LogP contribution >= 0.6 is 0 Å². The molecule has 2 fully saturated rings. The van der Waals surface area contributed by atoms with Gasteiger partial charge in [-0.1, -0.05) is 39.3 Å². The Morgan fingerprint density at radius 2 is 1.68 bits per heavy atom. The number of carbonyl (C=O) groups is 3. The number of aliphatic hydroxyl groups is 1. The number of hydrogen-bond acceptors (Lipinski definition) is 4. The number of aliphatic carboxylic acids is 2. The van der Waals surface area contributed by atoms with Crippen LogP contribution in [-0.2, 0) is 9.59 Å². The van der Waals surface area contributed by atoms with Crippen LogP contribution in [0.5, 0.6) is 0 Å². The number of allylic oxidation sites excluding steroid dienone is 4. The summed E-state index contributed by atoms with van der Waals surface area (Å²) in [5.74, 6) is -1.10. The lowest BCUT2D eigenvalue weighted by molar-refractivity contribution is -0.154. The Labute approximate surface area is 244 Å². The SMILES string of the molecule is CC1(C)C2CCC3=C(CC[C@@]4(C)C3=CC[C@@H]4[C@@H](CCC(=O)O)CC3(C(=O)O)CCN(C(N)=O)CC3)[C@@]2(C)CC[C@@H]1O. The van der Waals surface area contributed by atoms with Crippen LogP contribution in [0.3, 0.4) is 0 Å². The van der Waals surface area contributed by atoms with Crippen LogP contribution in [0.4, 0.5) is 4.79 Å². The van der Waals surface area contributed by atoms with E-state index in [1.807, 2.05) is 0 Å². The van der Waals surface area contributed by atoms with Gasteiger partial charge in [0.15, 0.2) is 0 Å². The Balaban J connectivity index is 1.44. The lowest BCUT2D eigenvalue weighted by Gasteiger charge is -2.59. The molecule has 2 amide bonds. The van der Waals surface area contributed by atoms with Crippen molar-refractivity contribution in [3.05, 3.63) is 22.8 Å². The lowest BCUT2D eigenvalue weighted by atomic mass is 9.46. The highest BCUT2D eigenvalue weighted by molar-refractivity contribution is 5.76. The van der Waals surface area contributed by atoms with Crippen molar-refractivity contribution in [2.45, 2.75) is 111 Å². The molecule has 1 heterocycles. The maximum Gasteiger partial charge on any atom is 0.314 e.